The number of benzene rings is 1. The Morgan fingerprint density at radius 1 is 1.25 bits per heavy atom. The summed E-state index contributed by atoms with van der Waals surface area (Å²) in [5.41, 5.74) is 12.1. The first-order chi connectivity index (χ1) is 5.77. The van der Waals surface area contributed by atoms with Crippen molar-refractivity contribution in [3.63, 3.8) is 0 Å². The predicted octanol–water partition coefficient (Wildman–Crippen LogP) is 0.786. The first kappa shape index (κ1) is 9.16. The van der Waals surface area contributed by atoms with Crippen LogP contribution in [-0.2, 0) is 13.0 Å². The third-order valence-corrected chi connectivity index (χ3v) is 1.77. The Morgan fingerprint density at radius 3 is 2.50 bits per heavy atom. The summed E-state index contributed by atoms with van der Waals surface area (Å²) in [5.74, 6) is -0.233. The molecule has 1 aromatic carbocycles. The van der Waals surface area contributed by atoms with E-state index in [0.29, 0.717) is 18.5 Å². The van der Waals surface area contributed by atoms with Gasteiger partial charge in [0.25, 0.3) is 0 Å². The lowest BCUT2D eigenvalue weighted by atomic mass is 10.1. The van der Waals surface area contributed by atoms with Gasteiger partial charge in [-0.05, 0) is 24.6 Å². The molecule has 0 atom stereocenters. The van der Waals surface area contributed by atoms with Gasteiger partial charge in [0, 0.05) is 12.1 Å². The first-order valence-corrected chi connectivity index (χ1v) is 3.95. The monoisotopic (exact) mass is 168 g/mol. The molecule has 0 aliphatic carbocycles. The van der Waals surface area contributed by atoms with Crippen LogP contribution in [0, 0.1) is 5.82 Å². The molecule has 12 heavy (non-hydrogen) atoms. The lowest BCUT2D eigenvalue weighted by Gasteiger charge is -2.02. The van der Waals surface area contributed by atoms with Crippen LogP contribution in [0.5, 0.6) is 0 Å². The Bertz CT molecular complexity index is 261. The van der Waals surface area contributed by atoms with Crippen molar-refractivity contribution in [2.45, 2.75) is 13.0 Å². The predicted molar refractivity (Wildman–Crippen MR) is 47.0 cm³/mol. The van der Waals surface area contributed by atoms with Crippen LogP contribution in [0.25, 0.3) is 0 Å². The van der Waals surface area contributed by atoms with Crippen molar-refractivity contribution in [1.29, 1.82) is 0 Å². The number of hydrogen-bond acceptors (Lipinski definition) is 2. The number of rotatable bonds is 3. The van der Waals surface area contributed by atoms with Crippen molar-refractivity contribution in [3.05, 3.63) is 35.1 Å². The zero-order valence-corrected chi connectivity index (χ0v) is 6.89. The summed E-state index contributed by atoms with van der Waals surface area (Å²) in [6, 6.07) is 5.06. The van der Waals surface area contributed by atoms with Crippen LogP contribution >= 0.6 is 0 Å². The minimum absolute atomic E-state index is 0.233. The van der Waals surface area contributed by atoms with Crippen molar-refractivity contribution in [1.82, 2.24) is 0 Å². The topological polar surface area (TPSA) is 52.0 Å². The Hall–Kier alpha value is -0.930. The fraction of sp³-hybridized carbons (Fsp3) is 0.333. The van der Waals surface area contributed by atoms with Crippen LogP contribution in [0.2, 0.25) is 0 Å². The van der Waals surface area contributed by atoms with Crippen molar-refractivity contribution < 1.29 is 4.39 Å². The van der Waals surface area contributed by atoms with Crippen molar-refractivity contribution in [2.75, 3.05) is 6.54 Å². The molecule has 0 spiro atoms. The highest BCUT2D eigenvalue weighted by Gasteiger charge is 2.00. The highest BCUT2D eigenvalue weighted by atomic mass is 19.1. The quantitative estimate of drug-likeness (QED) is 0.701. The zero-order valence-electron chi connectivity index (χ0n) is 6.89. The zero-order chi connectivity index (χ0) is 8.97. The molecule has 0 fully saturated rings. The van der Waals surface area contributed by atoms with Gasteiger partial charge in [0.05, 0.1) is 0 Å². The highest BCUT2D eigenvalue weighted by Crippen LogP contribution is 2.09. The standard InChI is InChI=1S/C9H13FN2/c10-9-5-7(3-4-11)1-2-8(9)6-12/h1-2,5H,3-4,6,11-12H2. The van der Waals surface area contributed by atoms with Gasteiger partial charge in [0.15, 0.2) is 0 Å². The third kappa shape index (κ3) is 2.03. The average molecular weight is 168 g/mol. The molecular weight excluding hydrogens is 155 g/mol. The van der Waals surface area contributed by atoms with Gasteiger partial charge in [-0.25, -0.2) is 4.39 Å². The molecule has 0 heterocycles. The summed E-state index contributed by atoms with van der Waals surface area (Å²) in [6.45, 7) is 0.788. The lowest BCUT2D eigenvalue weighted by Crippen LogP contribution is -2.05. The molecule has 0 aliphatic rings. The van der Waals surface area contributed by atoms with Crippen LogP contribution in [0.15, 0.2) is 18.2 Å². The molecule has 0 bridgehead atoms. The van der Waals surface area contributed by atoms with Gasteiger partial charge < -0.3 is 11.5 Å². The van der Waals surface area contributed by atoms with Gasteiger partial charge in [-0.2, -0.15) is 0 Å². The summed E-state index contributed by atoms with van der Waals surface area (Å²) in [6.07, 6.45) is 0.710. The van der Waals surface area contributed by atoms with Crippen LogP contribution in [0.1, 0.15) is 11.1 Å². The Morgan fingerprint density at radius 2 is 2.00 bits per heavy atom. The van der Waals surface area contributed by atoms with E-state index in [9.17, 15) is 4.39 Å². The smallest absolute Gasteiger partial charge is 0.127 e. The molecule has 0 aromatic heterocycles. The molecule has 0 amide bonds. The summed E-state index contributed by atoms with van der Waals surface area (Å²) >= 11 is 0. The Labute approximate surface area is 71.4 Å². The maximum Gasteiger partial charge on any atom is 0.127 e. The Balaban J connectivity index is 2.86. The molecule has 0 saturated carbocycles. The van der Waals surface area contributed by atoms with E-state index in [-0.39, 0.29) is 12.4 Å². The molecular formula is C9H13FN2. The average Bonchev–Trinajstić information content (AvgIpc) is 2.05. The van der Waals surface area contributed by atoms with Gasteiger partial charge >= 0.3 is 0 Å². The second-order valence-corrected chi connectivity index (χ2v) is 2.67. The molecule has 0 unspecified atom stereocenters. The third-order valence-electron chi connectivity index (χ3n) is 1.77. The van der Waals surface area contributed by atoms with Crippen molar-refractivity contribution in [3.8, 4) is 0 Å². The van der Waals surface area contributed by atoms with E-state index in [0.717, 1.165) is 5.56 Å². The van der Waals surface area contributed by atoms with Crippen molar-refractivity contribution in [2.24, 2.45) is 11.5 Å². The fourth-order valence-corrected chi connectivity index (χ4v) is 1.08. The molecule has 0 saturated heterocycles. The van der Waals surface area contributed by atoms with Crippen LogP contribution < -0.4 is 11.5 Å². The van der Waals surface area contributed by atoms with Gasteiger partial charge in [-0.15, -0.1) is 0 Å². The normalized spacial score (nSPS) is 10.2. The molecule has 66 valence electrons. The molecule has 0 radical (unpaired) electrons. The second kappa shape index (κ2) is 4.18. The molecule has 1 rings (SSSR count). The van der Waals surface area contributed by atoms with E-state index >= 15 is 0 Å². The maximum atomic E-state index is 13.1. The summed E-state index contributed by atoms with van der Waals surface area (Å²) in [7, 11) is 0. The molecule has 2 nitrogen and oxygen atoms in total. The van der Waals surface area contributed by atoms with E-state index < -0.39 is 0 Å². The van der Waals surface area contributed by atoms with E-state index in [1.165, 1.54) is 6.07 Å². The van der Waals surface area contributed by atoms with E-state index in [1.54, 1.807) is 6.07 Å². The van der Waals surface area contributed by atoms with Gasteiger partial charge in [0.1, 0.15) is 5.82 Å². The van der Waals surface area contributed by atoms with E-state index in [2.05, 4.69) is 0 Å². The van der Waals surface area contributed by atoms with E-state index in [4.69, 9.17) is 11.5 Å². The van der Waals surface area contributed by atoms with Crippen LogP contribution in [-0.4, -0.2) is 6.54 Å². The summed E-state index contributed by atoms with van der Waals surface area (Å²) < 4.78 is 13.1. The number of halogens is 1. The van der Waals surface area contributed by atoms with Crippen molar-refractivity contribution >= 4 is 0 Å². The van der Waals surface area contributed by atoms with Gasteiger partial charge in [-0.1, -0.05) is 12.1 Å². The molecule has 0 aliphatic heterocycles. The minimum Gasteiger partial charge on any atom is -0.330 e. The SMILES string of the molecule is NCCc1ccc(CN)c(F)c1. The fourth-order valence-electron chi connectivity index (χ4n) is 1.08. The van der Waals surface area contributed by atoms with E-state index in [1.807, 2.05) is 6.07 Å². The summed E-state index contributed by atoms with van der Waals surface area (Å²) in [5, 5.41) is 0. The Kier molecular flexibility index (Phi) is 3.19. The molecule has 1 aromatic rings. The second-order valence-electron chi connectivity index (χ2n) is 2.67. The molecule has 4 N–H and O–H groups in total. The highest BCUT2D eigenvalue weighted by molar-refractivity contribution is 5.24. The van der Waals surface area contributed by atoms with Crippen LogP contribution in [0.3, 0.4) is 0 Å². The maximum absolute atomic E-state index is 13.1. The number of nitrogens with two attached hydrogens (primary N) is 2. The van der Waals surface area contributed by atoms with Gasteiger partial charge in [0.2, 0.25) is 0 Å². The van der Waals surface area contributed by atoms with Crippen LogP contribution in [0.4, 0.5) is 4.39 Å². The molecule has 3 heteroatoms. The largest absolute Gasteiger partial charge is 0.330 e. The van der Waals surface area contributed by atoms with Gasteiger partial charge in [-0.3, -0.25) is 0 Å². The summed E-state index contributed by atoms with van der Waals surface area (Å²) in [4.78, 5) is 0. The first-order valence-electron chi connectivity index (χ1n) is 3.95. The lowest BCUT2D eigenvalue weighted by molar-refractivity contribution is 0.608. The number of hydrogen-bond donors (Lipinski definition) is 2. The minimum atomic E-state index is -0.233.